The van der Waals surface area contributed by atoms with E-state index in [9.17, 15) is 8.42 Å². The van der Waals surface area contributed by atoms with Gasteiger partial charge in [0.2, 0.25) is 0 Å². The standard InChI is InChI=1S/C11H12BrClO3S/c1-7-4-10(17(13,14)15)5-8(2)11(7)16-6-9(3)12/h4-5H,3,6H2,1-2H3. The molecule has 0 aliphatic rings. The maximum absolute atomic E-state index is 11.2. The molecule has 0 bridgehead atoms. The molecule has 0 saturated carbocycles. The molecule has 0 aliphatic carbocycles. The van der Waals surface area contributed by atoms with Crippen LogP contribution in [-0.4, -0.2) is 15.0 Å². The van der Waals surface area contributed by atoms with Crippen molar-refractivity contribution in [3.8, 4) is 5.75 Å². The summed E-state index contributed by atoms with van der Waals surface area (Å²) in [6.45, 7) is 7.53. The van der Waals surface area contributed by atoms with Crippen molar-refractivity contribution in [2.45, 2.75) is 18.7 Å². The van der Waals surface area contributed by atoms with E-state index in [4.69, 9.17) is 15.4 Å². The molecule has 0 fully saturated rings. The van der Waals surface area contributed by atoms with Crippen molar-refractivity contribution in [2.75, 3.05) is 6.61 Å². The Hall–Kier alpha value is -0.520. The lowest BCUT2D eigenvalue weighted by Gasteiger charge is -2.12. The molecule has 1 aromatic rings. The van der Waals surface area contributed by atoms with Gasteiger partial charge in [-0.3, -0.25) is 0 Å². The van der Waals surface area contributed by atoms with Crippen LogP contribution in [0.25, 0.3) is 0 Å². The van der Waals surface area contributed by atoms with Crippen LogP contribution >= 0.6 is 26.6 Å². The summed E-state index contributed by atoms with van der Waals surface area (Å²) in [4.78, 5) is 0.0826. The molecule has 0 spiro atoms. The van der Waals surface area contributed by atoms with E-state index in [1.807, 2.05) is 0 Å². The monoisotopic (exact) mass is 338 g/mol. The molecule has 6 heteroatoms. The number of aryl methyl sites for hydroxylation is 2. The van der Waals surface area contributed by atoms with Gasteiger partial charge in [0.25, 0.3) is 9.05 Å². The van der Waals surface area contributed by atoms with Crippen LogP contribution in [0.1, 0.15) is 11.1 Å². The van der Waals surface area contributed by atoms with Crippen LogP contribution in [0, 0.1) is 13.8 Å². The second kappa shape index (κ2) is 5.42. The smallest absolute Gasteiger partial charge is 0.261 e. The van der Waals surface area contributed by atoms with Crippen molar-refractivity contribution in [3.05, 3.63) is 34.3 Å². The second-order valence-corrected chi connectivity index (χ2v) is 7.32. The number of ether oxygens (including phenoxy) is 1. The van der Waals surface area contributed by atoms with E-state index < -0.39 is 9.05 Å². The van der Waals surface area contributed by atoms with Gasteiger partial charge in [0.05, 0.1) is 4.90 Å². The lowest BCUT2D eigenvalue weighted by atomic mass is 10.1. The zero-order valence-corrected chi connectivity index (χ0v) is 12.6. The minimum Gasteiger partial charge on any atom is -0.488 e. The largest absolute Gasteiger partial charge is 0.488 e. The summed E-state index contributed by atoms with van der Waals surface area (Å²) in [5.74, 6) is 0.648. The molecule has 94 valence electrons. The highest BCUT2D eigenvalue weighted by Gasteiger charge is 2.14. The topological polar surface area (TPSA) is 43.4 Å². The summed E-state index contributed by atoms with van der Waals surface area (Å²) in [5, 5.41) is 0. The van der Waals surface area contributed by atoms with Crippen LogP contribution in [0.4, 0.5) is 0 Å². The van der Waals surface area contributed by atoms with E-state index in [2.05, 4.69) is 22.5 Å². The van der Waals surface area contributed by atoms with Crippen molar-refractivity contribution >= 4 is 35.7 Å². The average molecular weight is 340 g/mol. The normalized spacial score (nSPS) is 11.3. The Morgan fingerprint density at radius 1 is 1.41 bits per heavy atom. The van der Waals surface area contributed by atoms with Gasteiger partial charge >= 0.3 is 0 Å². The lowest BCUT2D eigenvalue weighted by Crippen LogP contribution is -2.02. The molecule has 0 saturated heterocycles. The van der Waals surface area contributed by atoms with E-state index in [0.717, 1.165) is 11.1 Å². The van der Waals surface area contributed by atoms with Crippen LogP contribution in [0.2, 0.25) is 0 Å². The third-order valence-corrected chi connectivity index (χ3v) is 3.65. The van der Waals surface area contributed by atoms with Crippen molar-refractivity contribution in [1.82, 2.24) is 0 Å². The van der Waals surface area contributed by atoms with Crippen molar-refractivity contribution in [3.63, 3.8) is 0 Å². The minimum atomic E-state index is -3.71. The number of halogens is 2. The zero-order valence-electron chi connectivity index (χ0n) is 9.46. The van der Waals surface area contributed by atoms with Crippen molar-refractivity contribution < 1.29 is 13.2 Å². The summed E-state index contributed by atoms with van der Waals surface area (Å²) < 4.78 is 28.7. The minimum absolute atomic E-state index is 0.0826. The van der Waals surface area contributed by atoms with Gasteiger partial charge in [0.1, 0.15) is 12.4 Å². The molecule has 0 radical (unpaired) electrons. The van der Waals surface area contributed by atoms with Gasteiger partial charge in [-0.15, -0.1) is 0 Å². The van der Waals surface area contributed by atoms with Gasteiger partial charge in [-0.05, 0) is 37.1 Å². The van der Waals surface area contributed by atoms with Gasteiger partial charge in [-0.1, -0.05) is 22.5 Å². The Morgan fingerprint density at radius 3 is 2.24 bits per heavy atom. The fourth-order valence-electron chi connectivity index (χ4n) is 1.43. The molecule has 3 nitrogen and oxygen atoms in total. The Labute approximate surface area is 114 Å². The van der Waals surface area contributed by atoms with Crippen molar-refractivity contribution in [1.29, 1.82) is 0 Å². The van der Waals surface area contributed by atoms with Crippen LogP contribution in [-0.2, 0) is 9.05 Å². The molecule has 17 heavy (non-hydrogen) atoms. The highest BCUT2D eigenvalue weighted by molar-refractivity contribution is 9.11. The van der Waals surface area contributed by atoms with Gasteiger partial charge < -0.3 is 4.74 Å². The van der Waals surface area contributed by atoms with Crippen molar-refractivity contribution in [2.24, 2.45) is 0 Å². The average Bonchev–Trinajstić information content (AvgIpc) is 2.14. The molecular weight excluding hydrogens is 328 g/mol. The predicted molar refractivity (Wildman–Crippen MR) is 72.5 cm³/mol. The van der Waals surface area contributed by atoms with Gasteiger partial charge in [0, 0.05) is 15.2 Å². The van der Waals surface area contributed by atoms with E-state index in [-0.39, 0.29) is 4.90 Å². The van der Waals surface area contributed by atoms with Gasteiger partial charge in [0.15, 0.2) is 0 Å². The van der Waals surface area contributed by atoms with E-state index in [0.29, 0.717) is 16.8 Å². The molecule has 0 aliphatic heterocycles. The second-order valence-electron chi connectivity index (χ2n) is 3.63. The lowest BCUT2D eigenvalue weighted by molar-refractivity contribution is 0.355. The molecule has 0 atom stereocenters. The Balaban J connectivity index is 3.15. The number of hydrogen-bond acceptors (Lipinski definition) is 3. The summed E-state index contributed by atoms with van der Waals surface area (Å²) in [7, 11) is 1.59. The summed E-state index contributed by atoms with van der Waals surface area (Å²) in [6.07, 6.45) is 0. The first-order valence-electron chi connectivity index (χ1n) is 4.74. The summed E-state index contributed by atoms with van der Waals surface area (Å²) in [6, 6.07) is 2.98. The summed E-state index contributed by atoms with van der Waals surface area (Å²) in [5.41, 5.74) is 1.44. The third-order valence-electron chi connectivity index (χ3n) is 2.09. The number of hydrogen-bond donors (Lipinski definition) is 0. The Bertz CT molecular complexity index is 529. The third kappa shape index (κ3) is 4.01. The van der Waals surface area contributed by atoms with E-state index in [1.54, 1.807) is 13.8 Å². The molecular formula is C11H12BrClO3S. The fourth-order valence-corrected chi connectivity index (χ4v) is 2.45. The number of benzene rings is 1. The molecule has 0 heterocycles. The van der Waals surface area contributed by atoms with Gasteiger partial charge in [-0.2, -0.15) is 0 Å². The summed E-state index contributed by atoms with van der Waals surface area (Å²) >= 11 is 3.19. The van der Waals surface area contributed by atoms with E-state index >= 15 is 0 Å². The highest BCUT2D eigenvalue weighted by Crippen LogP contribution is 2.28. The van der Waals surface area contributed by atoms with Crippen LogP contribution in [0.3, 0.4) is 0 Å². The first-order valence-corrected chi connectivity index (χ1v) is 7.84. The van der Waals surface area contributed by atoms with Crippen LogP contribution in [0.15, 0.2) is 28.1 Å². The molecule has 0 amide bonds. The van der Waals surface area contributed by atoms with Gasteiger partial charge in [-0.25, -0.2) is 8.42 Å². The zero-order chi connectivity index (χ0) is 13.2. The van der Waals surface area contributed by atoms with E-state index in [1.165, 1.54) is 12.1 Å². The molecule has 0 N–H and O–H groups in total. The Kier molecular flexibility index (Phi) is 4.63. The highest BCUT2D eigenvalue weighted by atomic mass is 79.9. The molecule has 1 aromatic carbocycles. The SMILES string of the molecule is C=C(Br)COc1c(C)cc(S(=O)(=O)Cl)cc1C. The molecule has 1 rings (SSSR count). The fraction of sp³-hybridized carbons (Fsp3) is 0.273. The maximum atomic E-state index is 11.2. The quantitative estimate of drug-likeness (QED) is 0.788. The van der Waals surface area contributed by atoms with Crippen LogP contribution in [0.5, 0.6) is 5.75 Å². The Morgan fingerprint density at radius 2 is 1.88 bits per heavy atom. The molecule has 0 unspecified atom stereocenters. The number of rotatable bonds is 4. The molecule has 0 aromatic heterocycles. The maximum Gasteiger partial charge on any atom is 0.261 e. The predicted octanol–water partition coefficient (Wildman–Crippen LogP) is 3.52. The first-order chi connectivity index (χ1) is 7.71. The first kappa shape index (κ1) is 14.5. The van der Waals surface area contributed by atoms with Crippen LogP contribution < -0.4 is 4.74 Å².